The molecule has 0 aliphatic heterocycles. The Bertz CT molecular complexity index is 269. The van der Waals surface area contributed by atoms with Crippen LogP contribution in [0.4, 0.5) is 0 Å². The second kappa shape index (κ2) is 11.4. The molecule has 0 saturated carbocycles. The van der Waals surface area contributed by atoms with Crippen LogP contribution >= 0.6 is 23.2 Å². The number of carbonyl (C=O) groups excluding carboxylic acids is 2. The van der Waals surface area contributed by atoms with Crippen LogP contribution in [0.2, 0.25) is 0 Å². The van der Waals surface area contributed by atoms with E-state index in [1.807, 2.05) is 6.92 Å². The van der Waals surface area contributed by atoms with Crippen molar-refractivity contribution in [2.24, 2.45) is 0 Å². The highest BCUT2D eigenvalue weighted by molar-refractivity contribution is 6.44. The van der Waals surface area contributed by atoms with Gasteiger partial charge >= 0.3 is 11.9 Å². The maximum atomic E-state index is 11.5. The lowest BCUT2D eigenvalue weighted by atomic mass is 10.1. The van der Waals surface area contributed by atoms with Crippen LogP contribution in [-0.2, 0) is 19.1 Å². The van der Waals surface area contributed by atoms with E-state index in [9.17, 15) is 9.59 Å². The van der Waals surface area contributed by atoms with Crippen LogP contribution in [-0.4, -0.2) is 29.5 Å². The first kappa shape index (κ1) is 18.5. The molecule has 0 aliphatic rings. The molecule has 0 aliphatic carbocycles. The second-order valence-corrected chi connectivity index (χ2v) is 5.51. The van der Waals surface area contributed by atoms with Crippen LogP contribution in [0.5, 0.6) is 0 Å². The molecule has 0 saturated heterocycles. The van der Waals surface area contributed by atoms with Gasteiger partial charge in [0.1, 0.15) is 17.5 Å². The van der Waals surface area contributed by atoms with Crippen molar-refractivity contribution in [1.29, 1.82) is 0 Å². The van der Waals surface area contributed by atoms with Crippen LogP contribution in [0.15, 0.2) is 0 Å². The number of halogens is 2. The van der Waals surface area contributed by atoms with Gasteiger partial charge in [-0.2, -0.15) is 0 Å². The smallest absolute Gasteiger partial charge is 0.306 e. The molecule has 0 fully saturated rings. The van der Waals surface area contributed by atoms with Gasteiger partial charge in [-0.25, -0.2) is 0 Å². The number of carbonyl (C=O) groups is 2. The highest BCUT2D eigenvalue weighted by Crippen LogP contribution is 2.10. The molecule has 0 heterocycles. The number of rotatable bonds is 10. The molecule has 0 bridgehead atoms. The van der Waals surface area contributed by atoms with Gasteiger partial charge in [-0.1, -0.05) is 26.7 Å². The Labute approximate surface area is 124 Å². The minimum Gasteiger partial charge on any atom is -0.463 e. The van der Waals surface area contributed by atoms with Gasteiger partial charge in [0.25, 0.3) is 0 Å². The summed E-state index contributed by atoms with van der Waals surface area (Å²) >= 11 is 10.8. The van der Waals surface area contributed by atoms with E-state index in [1.54, 1.807) is 0 Å². The number of alkyl halides is 2. The Balaban J connectivity index is 3.80. The average Bonchev–Trinajstić information content (AvgIpc) is 2.38. The summed E-state index contributed by atoms with van der Waals surface area (Å²) in [6.07, 6.45) is 3.71. The number of hydrogen-bond acceptors (Lipinski definition) is 4. The van der Waals surface area contributed by atoms with Crippen molar-refractivity contribution in [3.05, 3.63) is 0 Å². The van der Waals surface area contributed by atoms with Gasteiger partial charge in [-0.15, -0.1) is 23.2 Å². The molecule has 0 radical (unpaired) electrons. The molecule has 112 valence electrons. The number of unbranched alkanes of at least 4 members (excludes halogenated alkanes) is 1. The van der Waals surface area contributed by atoms with E-state index in [4.69, 9.17) is 32.7 Å². The van der Waals surface area contributed by atoms with Crippen molar-refractivity contribution >= 4 is 35.1 Å². The van der Waals surface area contributed by atoms with E-state index in [0.717, 1.165) is 25.7 Å². The zero-order chi connectivity index (χ0) is 14.7. The number of hydrogen-bond donors (Lipinski definition) is 0. The third-order valence-corrected chi connectivity index (χ3v) is 2.79. The predicted octanol–water partition coefficient (Wildman–Crippen LogP) is 3.63. The quantitative estimate of drug-likeness (QED) is 0.456. The van der Waals surface area contributed by atoms with Crippen molar-refractivity contribution in [3.63, 3.8) is 0 Å². The molecule has 0 N–H and O–H groups in total. The van der Waals surface area contributed by atoms with Crippen molar-refractivity contribution < 1.29 is 19.1 Å². The van der Waals surface area contributed by atoms with Crippen LogP contribution in [0.3, 0.4) is 0 Å². The zero-order valence-corrected chi connectivity index (χ0v) is 13.0. The summed E-state index contributed by atoms with van der Waals surface area (Å²) in [4.78, 5) is 22.0. The molecule has 0 amide bonds. The largest absolute Gasteiger partial charge is 0.463 e. The minimum absolute atomic E-state index is 0.0104. The topological polar surface area (TPSA) is 52.6 Å². The SMILES string of the molecule is CCCCC(CC)OC(=O)CCC(=O)OCC(Cl)Cl. The summed E-state index contributed by atoms with van der Waals surface area (Å²) in [6.45, 7) is 4.00. The van der Waals surface area contributed by atoms with E-state index in [1.165, 1.54) is 0 Å². The van der Waals surface area contributed by atoms with E-state index < -0.39 is 10.8 Å². The van der Waals surface area contributed by atoms with Crippen LogP contribution in [0, 0.1) is 0 Å². The summed E-state index contributed by atoms with van der Waals surface area (Å²) in [6, 6.07) is 0. The Kier molecular flexibility index (Phi) is 11.1. The van der Waals surface area contributed by atoms with Gasteiger partial charge < -0.3 is 9.47 Å². The first-order valence-corrected chi connectivity index (χ1v) is 7.50. The van der Waals surface area contributed by atoms with E-state index in [-0.39, 0.29) is 31.5 Å². The predicted molar refractivity (Wildman–Crippen MR) is 75.4 cm³/mol. The van der Waals surface area contributed by atoms with Crippen molar-refractivity contribution in [1.82, 2.24) is 0 Å². The summed E-state index contributed by atoms with van der Waals surface area (Å²) in [5.41, 5.74) is 0. The summed E-state index contributed by atoms with van der Waals surface area (Å²) in [5, 5.41) is 0. The highest BCUT2D eigenvalue weighted by Gasteiger charge is 2.14. The fraction of sp³-hybridized carbons (Fsp3) is 0.846. The average molecular weight is 313 g/mol. The summed E-state index contributed by atoms with van der Waals surface area (Å²) < 4.78 is 10.0. The first-order valence-electron chi connectivity index (χ1n) is 6.62. The molecule has 1 atom stereocenters. The van der Waals surface area contributed by atoms with Crippen LogP contribution in [0.1, 0.15) is 52.4 Å². The second-order valence-electron chi connectivity index (χ2n) is 4.24. The Morgan fingerprint density at radius 3 is 2.26 bits per heavy atom. The maximum Gasteiger partial charge on any atom is 0.306 e. The number of ether oxygens (including phenoxy) is 2. The lowest BCUT2D eigenvalue weighted by Crippen LogP contribution is -2.19. The van der Waals surface area contributed by atoms with Gasteiger partial charge in [0, 0.05) is 0 Å². The van der Waals surface area contributed by atoms with Crippen LogP contribution < -0.4 is 0 Å². The molecular weight excluding hydrogens is 291 g/mol. The first-order chi connectivity index (χ1) is 8.99. The molecule has 19 heavy (non-hydrogen) atoms. The fourth-order valence-corrected chi connectivity index (χ4v) is 1.58. The van der Waals surface area contributed by atoms with E-state index >= 15 is 0 Å². The van der Waals surface area contributed by atoms with Crippen molar-refractivity contribution in [3.8, 4) is 0 Å². The van der Waals surface area contributed by atoms with Crippen molar-refractivity contribution in [2.45, 2.75) is 63.3 Å². The van der Waals surface area contributed by atoms with Crippen molar-refractivity contribution in [2.75, 3.05) is 6.61 Å². The Morgan fingerprint density at radius 1 is 1.11 bits per heavy atom. The third kappa shape index (κ3) is 11.1. The highest BCUT2D eigenvalue weighted by atomic mass is 35.5. The molecule has 0 aromatic heterocycles. The Hall–Kier alpha value is -0.480. The molecule has 6 heteroatoms. The van der Waals surface area contributed by atoms with E-state index in [2.05, 4.69) is 6.92 Å². The Morgan fingerprint density at radius 2 is 1.74 bits per heavy atom. The molecule has 0 spiro atoms. The molecular formula is C13H22Cl2O4. The summed E-state index contributed by atoms with van der Waals surface area (Å²) in [5.74, 6) is -0.863. The fourth-order valence-electron chi connectivity index (χ4n) is 1.46. The molecule has 0 rings (SSSR count). The monoisotopic (exact) mass is 312 g/mol. The molecule has 4 nitrogen and oxygen atoms in total. The van der Waals surface area contributed by atoms with Gasteiger partial charge in [-0.3, -0.25) is 9.59 Å². The molecule has 0 aromatic carbocycles. The third-order valence-electron chi connectivity index (χ3n) is 2.54. The zero-order valence-electron chi connectivity index (χ0n) is 11.5. The summed E-state index contributed by atoms with van der Waals surface area (Å²) in [7, 11) is 0. The minimum atomic E-state index is -0.741. The standard InChI is InChI=1S/C13H22Cl2O4/c1-3-5-6-10(4-2)19-13(17)8-7-12(16)18-9-11(14)15/h10-11H,3-9H2,1-2H3. The molecule has 0 aromatic rings. The van der Waals surface area contributed by atoms with Gasteiger partial charge in [0.05, 0.1) is 12.8 Å². The molecule has 1 unspecified atom stereocenters. The lowest BCUT2D eigenvalue weighted by Gasteiger charge is -2.15. The van der Waals surface area contributed by atoms with E-state index in [0.29, 0.717) is 0 Å². The lowest BCUT2D eigenvalue weighted by molar-refractivity contribution is -0.154. The van der Waals surface area contributed by atoms with Gasteiger partial charge in [0.2, 0.25) is 0 Å². The van der Waals surface area contributed by atoms with Gasteiger partial charge in [-0.05, 0) is 12.8 Å². The normalized spacial score (nSPS) is 12.3. The maximum absolute atomic E-state index is 11.5. The van der Waals surface area contributed by atoms with Gasteiger partial charge in [0.15, 0.2) is 0 Å². The number of esters is 2. The van der Waals surface area contributed by atoms with Crippen LogP contribution in [0.25, 0.3) is 0 Å².